The standard InChI is InChI=1S/C25H24FNO3/c26-20-11-9-19(10-12-20)22-13-14-27-15-24(22)30-16-17-5-7-18(8-6-17)21-3-1-2-4-23(21)25(28)29/h1-12,22,24,27H,13-16H2,(H,28,29). The summed E-state index contributed by atoms with van der Waals surface area (Å²) in [6, 6.07) is 21.5. The number of carboxylic acids is 1. The van der Waals surface area contributed by atoms with E-state index in [0.717, 1.165) is 36.2 Å². The normalized spacial score (nSPS) is 18.8. The van der Waals surface area contributed by atoms with Crippen molar-refractivity contribution in [3.05, 3.63) is 95.3 Å². The first kappa shape index (κ1) is 20.3. The molecule has 1 aliphatic rings. The van der Waals surface area contributed by atoms with E-state index >= 15 is 0 Å². The molecule has 1 aliphatic heterocycles. The molecule has 5 heteroatoms. The number of nitrogens with one attached hydrogen (secondary N) is 1. The Morgan fingerprint density at radius 3 is 2.50 bits per heavy atom. The summed E-state index contributed by atoms with van der Waals surface area (Å²) in [4.78, 5) is 11.5. The fraction of sp³-hybridized carbons (Fsp3) is 0.240. The van der Waals surface area contributed by atoms with Crippen LogP contribution in [0, 0.1) is 5.82 Å². The first-order chi connectivity index (χ1) is 14.6. The molecule has 0 spiro atoms. The summed E-state index contributed by atoms with van der Waals surface area (Å²) in [7, 11) is 0. The second-order valence-electron chi connectivity index (χ2n) is 7.55. The fourth-order valence-electron chi connectivity index (χ4n) is 4.00. The van der Waals surface area contributed by atoms with Gasteiger partial charge in [-0.2, -0.15) is 0 Å². The lowest BCUT2D eigenvalue weighted by Gasteiger charge is -2.32. The van der Waals surface area contributed by atoms with Crippen LogP contribution in [0.5, 0.6) is 0 Å². The lowest BCUT2D eigenvalue weighted by atomic mass is 9.88. The molecule has 3 aromatic carbocycles. The van der Waals surface area contributed by atoms with Crippen molar-refractivity contribution in [1.82, 2.24) is 5.32 Å². The highest BCUT2D eigenvalue weighted by Crippen LogP contribution is 2.29. The van der Waals surface area contributed by atoms with Gasteiger partial charge in [0.1, 0.15) is 5.82 Å². The predicted octanol–water partition coefficient (Wildman–Crippen LogP) is 4.85. The third kappa shape index (κ3) is 4.58. The Morgan fingerprint density at radius 2 is 1.77 bits per heavy atom. The van der Waals surface area contributed by atoms with Crippen LogP contribution in [0.4, 0.5) is 4.39 Å². The molecule has 4 nitrogen and oxygen atoms in total. The zero-order valence-corrected chi connectivity index (χ0v) is 16.6. The maximum Gasteiger partial charge on any atom is 0.336 e. The highest BCUT2D eigenvalue weighted by molar-refractivity contribution is 5.95. The van der Waals surface area contributed by atoms with Crippen LogP contribution in [0.15, 0.2) is 72.8 Å². The summed E-state index contributed by atoms with van der Waals surface area (Å²) < 4.78 is 19.5. The van der Waals surface area contributed by atoms with Gasteiger partial charge in [0.05, 0.1) is 18.3 Å². The van der Waals surface area contributed by atoms with Crippen molar-refractivity contribution in [2.24, 2.45) is 0 Å². The molecule has 154 valence electrons. The van der Waals surface area contributed by atoms with Gasteiger partial charge in [0.15, 0.2) is 0 Å². The fourth-order valence-corrected chi connectivity index (χ4v) is 4.00. The zero-order chi connectivity index (χ0) is 20.9. The minimum atomic E-state index is -0.936. The van der Waals surface area contributed by atoms with Crippen molar-refractivity contribution >= 4 is 5.97 Å². The van der Waals surface area contributed by atoms with Crippen LogP contribution < -0.4 is 5.32 Å². The van der Waals surface area contributed by atoms with E-state index in [2.05, 4.69) is 5.32 Å². The Morgan fingerprint density at radius 1 is 1.03 bits per heavy atom. The van der Waals surface area contributed by atoms with Crippen LogP contribution in [-0.4, -0.2) is 30.3 Å². The van der Waals surface area contributed by atoms with Gasteiger partial charge in [-0.05, 0) is 53.4 Å². The van der Waals surface area contributed by atoms with Gasteiger partial charge in [0.25, 0.3) is 0 Å². The van der Waals surface area contributed by atoms with Gasteiger partial charge in [-0.15, -0.1) is 0 Å². The van der Waals surface area contributed by atoms with E-state index in [-0.39, 0.29) is 23.4 Å². The van der Waals surface area contributed by atoms with Gasteiger partial charge in [-0.1, -0.05) is 54.6 Å². The molecule has 0 saturated carbocycles. The predicted molar refractivity (Wildman–Crippen MR) is 114 cm³/mol. The van der Waals surface area contributed by atoms with Crippen molar-refractivity contribution in [3.63, 3.8) is 0 Å². The van der Waals surface area contributed by atoms with Crippen LogP contribution in [0.1, 0.15) is 33.8 Å². The Balaban J connectivity index is 1.44. The molecule has 0 aromatic heterocycles. The molecule has 0 aliphatic carbocycles. The van der Waals surface area contributed by atoms with Gasteiger partial charge >= 0.3 is 5.97 Å². The molecule has 1 saturated heterocycles. The Kier molecular flexibility index (Phi) is 6.21. The summed E-state index contributed by atoms with van der Waals surface area (Å²) >= 11 is 0. The molecule has 30 heavy (non-hydrogen) atoms. The summed E-state index contributed by atoms with van der Waals surface area (Å²) in [5, 5.41) is 12.8. The highest BCUT2D eigenvalue weighted by atomic mass is 19.1. The molecule has 3 aromatic rings. The first-order valence-corrected chi connectivity index (χ1v) is 10.1. The van der Waals surface area contributed by atoms with Crippen molar-refractivity contribution in [3.8, 4) is 11.1 Å². The molecular formula is C25H24FNO3. The van der Waals surface area contributed by atoms with E-state index in [4.69, 9.17) is 4.74 Å². The number of carbonyl (C=O) groups is 1. The molecule has 2 atom stereocenters. The van der Waals surface area contributed by atoms with E-state index in [1.54, 1.807) is 12.1 Å². The summed E-state index contributed by atoms with van der Waals surface area (Å²) in [5.74, 6) is -0.932. The monoisotopic (exact) mass is 405 g/mol. The molecule has 1 heterocycles. The number of hydrogen-bond acceptors (Lipinski definition) is 3. The molecule has 0 bridgehead atoms. The molecular weight excluding hydrogens is 381 g/mol. The molecule has 0 amide bonds. The smallest absolute Gasteiger partial charge is 0.336 e. The average Bonchev–Trinajstić information content (AvgIpc) is 2.79. The van der Waals surface area contributed by atoms with Crippen LogP contribution in [-0.2, 0) is 11.3 Å². The van der Waals surface area contributed by atoms with Crippen molar-refractivity contribution in [1.29, 1.82) is 0 Å². The topological polar surface area (TPSA) is 58.6 Å². The third-order valence-corrected chi connectivity index (χ3v) is 5.61. The first-order valence-electron chi connectivity index (χ1n) is 10.1. The second kappa shape index (κ2) is 9.20. The maximum atomic E-state index is 13.3. The van der Waals surface area contributed by atoms with E-state index in [1.807, 2.05) is 48.5 Å². The average molecular weight is 405 g/mol. The van der Waals surface area contributed by atoms with Crippen LogP contribution >= 0.6 is 0 Å². The maximum absolute atomic E-state index is 13.3. The Hall–Kier alpha value is -3.02. The van der Waals surface area contributed by atoms with Gasteiger partial charge in [-0.25, -0.2) is 9.18 Å². The van der Waals surface area contributed by atoms with Gasteiger partial charge in [-0.3, -0.25) is 0 Å². The van der Waals surface area contributed by atoms with Crippen LogP contribution in [0.25, 0.3) is 11.1 Å². The second-order valence-corrected chi connectivity index (χ2v) is 7.55. The number of halogens is 1. The summed E-state index contributed by atoms with van der Waals surface area (Å²) in [6.45, 7) is 2.14. The number of carboxylic acid groups (broad SMARTS) is 1. The van der Waals surface area contributed by atoms with E-state index in [1.165, 1.54) is 12.1 Å². The molecule has 0 radical (unpaired) electrons. The van der Waals surface area contributed by atoms with Gasteiger partial charge < -0.3 is 15.2 Å². The Bertz CT molecular complexity index is 1000. The van der Waals surface area contributed by atoms with Crippen molar-refractivity contribution in [2.75, 3.05) is 13.1 Å². The highest BCUT2D eigenvalue weighted by Gasteiger charge is 2.27. The number of piperidine rings is 1. The molecule has 2 N–H and O–H groups in total. The van der Waals surface area contributed by atoms with E-state index in [9.17, 15) is 14.3 Å². The van der Waals surface area contributed by atoms with E-state index in [0.29, 0.717) is 12.2 Å². The van der Waals surface area contributed by atoms with E-state index < -0.39 is 5.97 Å². The number of aromatic carboxylic acids is 1. The minimum Gasteiger partial charge on any atom is -0.478 e. The SMILES string of the molecule is O=C(O)c1ccccc1-c1ccc(COC2CNCCC2c2ccc(F)cc2)cc1. The van der Waals surface area contributed by atoms with Gasteiger partial charge in [0.2, 0.25) is 0 Å². The molecule has 1 fully saturated rings. The minimum absolute atomic E-state index is 0.0108. The zero-order valence-electron chi connectivity index (χ0n) is 16.6. The third-order valence-electron chi connectivity index (χ3n) is 5.61. The van der Waals surface area contributed by atoms with Crippen LogP contribution in [0.3, 0.4) is 0 Å². The van der Waals surface area contributed by atoms with Crippen molar-refractivity contribution < 1.29 is 19.0 Å². The number of rotatable bonds is 6. The summed E-state index contributed by atoms with van der Waals surface area (Å²) in [5.41, 5.74) is 3.97. The lowest BCUT2D eigenvalue weighted by molar-refractivity contribution is 0.0106. The molecule has 2 unspecified atom stereocenters. The number of ether oxygens (including phenoxy) is 1. The van der Waals surface area contributed by atoms with Crippen molar-refractivity contribution in [2.45, 2.75) is 25.0 Å². The summed E-state index contributed by atoms with van der Waals surface area (Å²) in [6.07, 6.45) is 0.956. The van der Waals surface area contributed by atoms with Gasteiger partial charge in [0, 0.05) is 12.5 Å². The lowest BCUT2D eigenvalue weighted by Crippen LogP contribution is -2.40. The quantitative estimate of drug-likeness (QED) is 0.615. The van der Waals surface area contributed by atoms with Crippen LogP contribution in [0.2, 0.25) is 0 Å². The Labute approximate surface area is 175 Å². The number of hydrogen-bond donors (Lipinski definition) is 2. The number of benzene rings is 3. The largest absolute Gasteiger partial charge is 0.478 e. The molecule has 4 rings (SSSR count).